The van der Waals surface area contributed by atoms with E-state index in [0.29, 0.717) is 51.8 Å². The van der Waals surface area contributed by atoms with E-state index in [1.807, 2.05) is 70.9 Å². The fourth-order valence-corrected chi connectivity index (χ4v) is 15.6. The molecule has 25 heteroatoms. The third kappa shape index (κ3) is 15.3. The van der Waals surface area contributed by atoms with Gasteiger partial charge in [-0.2, -0.15) is 0 Å². The van der Waals surface area contributed by atoms with Crippen molar-refractivity contribution in [3.05, 3.63) is 175 Å². The van der Waals surface area contributed by atoms with Gasteiger partial charge in [-0.05, 0) is 204 Å². The number of amides is 3. The van der Waals surface area contributed by atoms with Crippen molar-refractivity contribution in [2.45, 2.75) is 123 Å². The maximum absolute atomic E-state index is 13.7. The van der Waals surface area contributed by atoms with Crippen LogP contribution in [0.1, 0.15) is 161 Å². The van der Waals surface area contributed by atoms with E-state index in [1.165, 1.54) is 35.3 Å². The van der Waals surface area contributed by atoms with E-state index in [2.05, 4.69) is 63.2 Å². The predicted molar refractivity (Wildman–Crippen MR) is 374 cm³/mol. The van der Waals surface area contributed by atoms with Gasteiger partial charge in [0, 0.05) is 67.1 Å². The molecule has 4 atom stereocenters. The van der Waals surface area contributed by atoms with Crippen LogP contribution in [0.25, 0.3) is 17.4 Å². The lowest BCUT2D eigenvalue weighted by Crippen LogP contribution is -2.45. The first kappa shape index (κ1) is 66.9. The number of rotatable bonds is 12. The number of pyridine rings is 1. The molecular formula is C70H82Cl2N14O7S2. The number of imidazole rings is 2. The Hall–Kier alpha value is -8.12. The molecule has 0 saturated carbocycles. The lowest BCUT2D eigenvalue weighted by molar-refractivity contribution is 0.0600. The molecule has 10 heterocycles. The summed E-state index contributed by atoms with van der Waals surface area (Å²) in [7, 11) is -7.04. The van der Waals surface area contributed by atoms with E-state index in [9.17, 15) is 31.2 Å². The summed E-state index contributed by atoms with van der Waals surface area (Å²) in [5.74, 6) is 2.90. The number of aromatic nitrogens is 7. The predicted octanol–water partition coefficient (Wildman–Crippen LogP) is 12.2. The van der Waals surface area contributed by atoms with Crippen LogP contribution in [0.15, 0.2) is 109 Å². The number of benzene rings is 3. The quantitative estimate of drug-likeness (QED) is 0.116. The molecule has 500 valence electrons. The summed E-state index contributed by atoms with van der Waals surface area (Å²) in [6, 6.07) is 26.8. The second-order valence-electron chi connectivity index (χ2n) is 26.5. The number of hydrogen-bond donors (Lipinski definition) is 2. The summed E-state index contributed by atoms with van der Waals surface area (Å²) >= 11 is 12.4. The van der Waals surface area contributed by atoms with Crippen molar-refractivity contribution in [1.82, 2.24) is 48.9 Å². The number of hydrogen-bond acceptors (Lipinski definition) is 14. The average Bonchev–Trinajstić information content (AvgIpc) is 1.71. The largest absolute Gasteiger partial charge is 0.355 e. The van der Waals surface area contributed by atoms with Gasteiger partial charge in [0.25, 0.3) is 17.7 Å². The minimum Gasteiger partial charge on any atom is -0.355 e. The summed E-state index contributed by atoms with van der Waals surface area (Å²) < 4.78 is 55.8. The molecule has 6 aliphatic rings. The molecule has 5 fully saturated rings. The Bertz CT molecular complexity index is 4520. The number of likely N-dealkylation sites (tertiary alicyclic amines) is 3. The Labute approximate surface area is 566 Å². The Balaban J connectivity index is 0.000000137. The molecule has 5 aromatic heterocycles. The van der Waals surface area contributed by atoms with Crippen LogP contribution in [0.3, 0.4) is 0 Å². The van der Waals surface area contributed by atoms with Gasteiger partial charge in [0.15, 0.2) is 11.3 Å². The molecule has 5 saturated heterocycles. The number of fused-ring (bicyclic) bond motifs is 3. The van der Waals surface area contributed by atoms with Crippen molar-refractivity contribution in [3.63, 3.8) is 0 Å². The molecule has 21 nitrogen and oxygen atoms in total. The molecule has 0 unspecified atom stereocenters. The number of aryl methyl sites for hydroxylation is 3. The lowest BCUT2D eigenvalue weighted by atomic mass is 9.92. The van der Waals surface area contributed by atoms with Gasteiger partial charge in [-0.15, -0.1) is 10.2 Å². The average molecular weight is 1370 g/mol. The number of sulfonamides is 2. The first-order chi connectivity index (χ1) is 45.4. The van der Waals surface area contributed by atoms with E-state index in [4.69, 9.17) is 43.4 Å². The highest BCUT2D eigenvalue weighted by molar-refractivity contribution is 7.92. The van der Waals surface area contributed by atoms with E-state index in [0.717, 1.165) is 161 Å². The third-order valence-corrected chi connectivity index (χ3v) is 20.4. The number of carbonyl (C=O) groups is 3. The second kappa shape index (κ2) is 27.9. The van der Waals surface area contributed by atoms with Crippen LogP contribution in [0.4, 0.5) is 23.0 Å². The molecule has 2 N–H and O–H groups in total. The maximum atomic E-state index is 13.7. The van der Waals surface area contributed by atoms with Gasteiger partial charge in [-0.1, -0.05) is 55.2 Å². The number of halogens is 2. The van der Waals surface area contributed by atoms with Crippen molar-refractivity contribution >= 4 is 101 Å². The first-order valence-corrected chi connectivity index (χ1v) is 37.4. The van der Waals surface area contributed by atoms with E-state index < -0.39 is 20.0 Å². The normalized spacial score (nSPS) is 19.9. The number of para-hydroxylation sites is 1. The van der Waals surface area contributed by atoms with Crippen LogP contribution in [-0.4, -0.2) is 148 Å². The van der Waals surface area contributed by atoms with Gasteiger partial charge in [-0.25, -0.2) is 35.8 Å². The van der Waals surface area contributed by atoms with E-state index in [-0.39, 0.29) is 47.1 Å². The molecule has 3 aromatic carbocycles. The highest BCUT2D eigenvalue weighted by atomic mass is 35.5. The number of anilines is 4. The molecule has 5 aliphatic heterocycles. The molecule has 0 radical (unpaired) electrons. The van der Waals surface area contributed by atoms with Gasteiger partial charge in [-0.3, -0.25) is 28.8 Å². The zero-order valence-corrected chi connectivity index (χ0v) is 57.9. The van der Waals surface area contributed by atoms with Crippen LogP contribution in [0, 0.1) is 32.6 Å². The molecule has 0 spiro atoms. The minimum absolute atomic E-state index is 0.00597. The van der Waals surface area contributed by atoms with Gasteiger partial charge in [0.05, 0.1) is 82.6 Å². The zero-order valence-electron chi connectivity index (χ0n) is 54.8. The Kier molecular flexibility index (Phi) is 19.7. The van der Waals surface area contributed by atoms with Crippen molar-refractivity contribution in [2.75, 3.05) is 77.6 Å². The molecule has 0 bridgehead atoms. The highest BCUT2D eigenvalue weighted by Gasteiger charge is 2.37. The van der Waals surface area contributed by atoms with Crippen molar-refractivity contribution in [1.29, 1.82) is 0 Å². The van der Waals surface area contributed by atoms with E-state index in [1.54, 1.807) is 45.8 Å². The van der Waals surface area contributed by atoms with Crippen LogP contribution in [-0.2, 0) is 26.5 Å². The van der Waals surface area contributed by atoms with Gasteiger partial charge in [0.2, 0.25) is 20.0 Å². The molecule has 14 rings (SSSR count). The summed E-state index contributed by atoms with van der Waals surface area (Å²) in [4.78, 5) is 65.1. The zero-order chi connectivity index (χ0) is 67.0. The fraction of sp³-hybridized carbons (Fsp3) is 0.429. The Morgan fingerprint density at radius 3 is 1.59 bits per heavy atom. The number of piperidine rings is 3. The summed E-state index contributed by atoms with van der Waals surface area (Å²) in [5.41, 5.74) is 11.7. The summed E-state index contributed by atoms with van der Waals surface area (Å²) in [6.45, 7) is 16.6. The van der Waals surface area contributed by atoms with Gasteiger partial charge in [0.1, 0.15) is 11.6 Å². The van der Waals surface area contributed by atoms with Crippen LogP contribution >= 0.6 is 23.2 Å². The Morgan fingerprint density at radius 1 is 0.516 bits per heavy atom. The summed E-state index contributed by atoms with van der Waals surface area (Å²) in [5, 5.41) is 10.5. The highest BCUT2D eigenvalue weighted by Crippen LogP contribution is 2.38. The molecule has 95 heavy (non-hydrogen) atoms. The number of nitrogens with zero attached hydrogens (tertiary/aromatic N) is 12. The standard InChI is InChI=1S/C24H28ClN5O.C23H27ClN6O3S.C23H27N3O3S/c1-16-10-12-28(14-16)23-9-8-22-26-20(15-30(22)27-23)21-5-3-4-11-29(21)24(31)19-13-18(25)7-6-17(19)2;1-15-12-28(13-15)22-9-8-21-25-19(14-30(21)26-22)20-5-3-4-10-29(20)23(31)17-11-16(24)6-7-18(17)27-34(2,32)33;1-15-12-16(2)24-21-14-17(13-19(15)21)22-10-6-7-11-26(22)23(27)18-8-4-5-9-20(18)25-30(3,28)29/h6-9,13,15-16,21H,3-5,10-12,14H2,1-2H3;6-9,11,14-15,20,27H,3-5,10,12-13H2,1-2H3;4-5,8-9,12,14,22,25H,6-7,10-11,13H2,1-3H3/t16-,21-;20-;22-/m000/s1. The fourth-order valence-electron chi connectivity index (χ4n) is 14.1. The van der Waals surface area contributed by atoms with Crippen LogP contribution in [0.2, 0.25) is 10.0 Å². The molecule has 3 amide bonds. The SMILES string of the molecule is CC1CN(c2ccc3nc([C@@H]4CCCCN4C(=O)c4cc(Cl)ccc4NS(C)(=O)=O)cn3n2)C1.Cc1cc(C)c2c(n1)C=C([C@@H]1CCCCN1C(=O)c1ccccc1NS(C)(=O)=O)C2.Cc1ccc(Cl)cc1C(=O)N1CCCC[C@H]1c1cn2nc(N3CC[C@H](C)C3)ccc2n1. The van der Waals surface area contributed by atoms with Crippen LogP contribution in [0.5, 0.6) is 0 Å². The maximum Gasteiger partial charge on any atom is 0.256 e. The van der Waals surface area contributed by atoms with Crippen molar-refractivity contribution in [2.24, 2.45) is 11.8 Å². The van der Waals surface area contributed by atoms with Gasteiger partial charge >= 0.3 is 0 Å². The van der Waals surface area contributed by atoms with Crippen molar-refractivity contribution in [3.8, 4) is 0 Å². The number of nitrogens with one attached hydrogen (secondary N) is 2. The van der Waals surface area contributed by atoms with Gasteiger partial charge < -0.3 is 24.5 Å². The molecule has 8 aromatic rings. The second-order valence-corrected chi connectivity index (χ2v) is 30.9. The van der Waals surface area contributed by atoms with E-state index >= 15 is 0 Å². The molecular weight excluding hydrogens is 1280 g/mol. The first-order valence-electron chi connectivity index (χ1n) is 32.8. The summed E-state index contributed by atoms with van der Waals surface area (Å²) in [6.07, 6.45) is 18.7. The molecule has 1 aliphatic carbocycles. The monoisotopic (exact) mass is 1360 g/mol. The smallest absolute Gasteiger partial charge is 0.256 e. The minimum atomic E-state index is -3.56. The topological polar surface area (TPSA) is 233 Å². The Morgan fingerprint density at radius 2 is 1.02 bits per heavy atom. The third-order valence-electron chi connectivity index (χ3n) is 18.8. The lowest BCUT2D eigenvalue weighted by Gasteiger charge is -2.37. The van der Waals surface area contributed by atoms with Crippen molar-refractivity contribution < 1.29 is 31.2 Å². The number of carbonyl (C=O) groups excluding carboxylic acids is 3. The van der Waals surface area contributed by atoms with Crippen LogP contribution < -0.4 is 19.2 Å².